The average Bonchev–Trinajstić information content (AvgIpc) is 2.02. The second-order valence-electron chi connectivity index (χ2n) is 9.49. The Bertz CT molecular complexity index is 284. The number of hydrogen-bond acceptors (Lipinski definition) is 1. The van der Waals surface area contributed by atoms with Crippen LogP contribution < -0.4 is 0 Å². The first kappa shape index (κ1) is 20.7. The predicted octanol–water partition coefficient (Wildman–Crippen LogP) is 5.85. The van der Waals surface area contributed by atoms with Crippen LogP contribution in [0, 0.1) is 0 Å². The highest BCUT2D eigenvalue weighted by atomic mass is 31.1. The third kappa shape index (κ3) is 6.62. The van der Waals surface area contributed by atoms with Crippen LogP contribution in [0.4, 0.5) is 0 Å². The molecule has 0 heterocycles. The van der Waals surface area contributed by atoms with Gasteiger partial charge < -0.3 is 0 Å². The van der Waals surface area contributed by atoms with Gasteiger partial charge in [0.2, 0.25) is 0 Å². The van der Waals surface area contributed by atoms with Crippen LogP contribution >= 0.6 is 8.52 Å². The maximum atomic E-state index is 5.09. The van der Waals surface area contributed by atoms with Crippen molar-refractivity contribution in [1.82, 2.24) is 8.68 Å². The largest absolute Gasteiger partial charge is 0.258 e. The molecule has 0 aliphatic rings. The molecule has 3 nitrogen and oxygen atoms in total. The molecule has 0 radical (unpaired) electrons. The molecule has 0 aromatic heterocycles. The van der Waals surface area contributed by atoms with Crippen molar-refractivity contribution in [3.63, 3.8) is 0 Å². The van der Waals surface area contributed by atoms with E-state index < -0.39 is 24.7 Å². The Balaban J connectivity index is 5.50. The minimum Gasteiger partial charge on any atom is -0.258 e. The van der Waals surface area contributed by atoms with Gasteiger partial charge in [0, 0.05) is 5.54 Å². The first-order valence-electron chi connectivity index (χ1n) is 7.49. The number of nitrogens with zero attached hydrogens (tertiary/aromatic N) is 3. The molecule has 20 heavy (non-hydrogen) atoms. The minimum atomic E-state index is -1.40. The summed E-state index contributed by atoms with van der Waals surface area (Å²) in [5.41, 5.74) is 0.181. The van der Waals surface area contributed by atoms with Gasteiger partial charge in [0.25, 0.3) is 0 Å². The fourth-order valence-electron chi connectivity index (χ4n) is 2.63. The van der Waals surface area contributed by atoms with Gasteiger partial charge in [-0.05, 0) is 20.8 Å². The molecule has 0 N–H and O–H groups in total. The van der Waals surface area contributed by atoms with Crippen molar-refractivity contribution >= 4 is 33.2 Å². The van der Waals surface area contributed by atoms with Crippen molar-refractivity contribution < 1.29 is 0 Å². The van der Waals surface area contributed by atoms with E-state index >= 15 is 0 Å². The lowest BCUT2D eigenvalue weighted by atomic mass is 10.1. The molecule has 0 unspecified atom stereocenters. The van der Waals surface area contributed by atoms with Gasteiger partial charge in [0.1, 0.15) is 33.2 Å². The molecular weight excluding hydrogens is 313 g/mol. The van der Waals surface area contributed by atoms with Crippen LogP contribution in [0.25, 0.3) is 0 Å². The van der Waals surface area contributed by atoms with Crippen LogP contribution in [0.1, 0.15) is 20.8 Å². The van der Waals surface area contributed by atoms with E-state index in [9.17, 15) is 0 Å². The summed E-state index contributed by atoms with van der Waals surface area (Å²) in [6.45, 7) is 28.6. The smallest absolute Gasteiger partial charge is 0.136 e. The number of rotatable bonds is 5. The predicted molar refractivity (Wildman–Crippen MR) is 103 cm³/mol. The van der Waals surface area contributed by atoms with E-state index in [1.54, 1.807) is 0 Å². The molecule has 0 aromatic rings. The quantitative estimate of drug-likeness (QED) is 0.352. The minimum absolute atomic E-state index is 0.181. The molecule has 0 bridgehead atoms. The summed E-state index contributed by atoms with van der Waals surface area (Å²) in [5.74, 6) is 0. The summed E-state index contributed by atoms with van der Waals surface area (Å²) in [6, 6.07) is 0. The maximum Gasteiger partial charge on any atom is 0.136 e. The molecule has 120 valence electrons. The fraction of sp³-hybridized carbons (Fsp3) is 1.00. The molecule has 0 spiro atoms. The first-order valence-corrected chi connectivity index (χ1v) is 18.6. The molecule has 0 atom stereocenters. The van der Waals surface area contributed by atoms with Gasteiger partial charge in [-0.3, -0.25) is 4.34 Å². The highest BCUT2D eigenvalue weighted by Crippen LogP contribution is 2.33. The molecule has 0 rings (SSSR count). The van der Waals surface area contributed by atoms with E-state index in [-0.39, 0.29) is 5.54 Å². The highest BCUT2D eigenvalue weighted by molar-refractivity contribution is 7.28. The maximum absolute atomic E-state index is 5.09. The third-order valence-electron chi connectivity index (χ3n) is 2.76. The summed E-state index contributed by atoms with van der Waals surface area (Å²) in [4.78, 5) is 5.09. The van der Waals surface area contributed by atoms with Gasteiger partial charge in [-0.15, -0.1) is 0 Å². The van der Waals surface area contributed by atoms with Gasteiger partial charge in [-0.25, -0.2) is 4.34 Å². The Morgan fingerprint density at radius 2 is 1.05 bits per heavy atom. The van der Waals surface area contributed by atoms with Crippen molar-refractivity contribution in [1.29, 1.82) is 0 Å². The monoisotopic (exact) mass is 349 g/mol. The van der Waals surface area contributed by atoms with Gasteiger partial charge >= 0.3 is 0 Å². The van der Waals surface area contributed by atoms with Crippen molar-refractivity contribution in [2.75, 3.05) is 0 Å². The van der Waals surface area contributed by atoms with E-state index in [4.69, 9.17) is 4.85 Å². The Hall–Kier alpha value is 0.671. The van der Waals surface area contributed by atoms with Gasteiger partial charge in [0.15, 0.2) is 0 Å². The first-order chi connectivity index (χ1) is 8.47. The molecule has 0 amide bonds. The molecule has 0 fully saturated rings. The summed E-state index contributed by atoms with van der Waals surface area (Å²) < 4.78 is 5.13. The summed E-state index contributed by atoms with van der Waals surface area (Å²) in [6.07, 6.45) is 0. The van der Waals surface area contributed by atoms with Gasteiger partial charge in [-0.2, -0.15) is 4.85 Å². The van der Waals surface area contributed by atoms with Crippen molar-refractivity contribution in [2.24, 2.45) is 4.85 Å². The lowest BCUT2D eigenvalue weighted by molar-refractivity contribution is 0.376. The zero-order valence-electron chi connectivity index (χ0n) is 15.8. The van der Waals surface area contributed by atoms with Crippen LogP contribution in [0.5, 0.6) is 0 Å². The average molecular weight is 350 g/mol. The molecule has 0 aromatic carbocycles. The zero-order valence-corrected chi connectivity index (χ0v) is 19.7. The van der Waals surface area contributed by atoms with E-state index in [0.717, 1.165) is 8.52 Å². The van der Waals surface area contributed by atoms with Crippen molar-refractivity contribution in [3.05, 3.63) is 0 Å². The SMILES string of the molecule is CC(C)(C)N(P=NN([Si](C)(C)C)[Si](C)(C)C)[Si](C)(C)C. The second kappa shape index (κ2) is 6.42. The molecule has 0 saturated carbocycles. The van der Waals surface area contributed by atoms with Crippen LogP contribution in [-0.2, 0) is 0 Å². The Kier molecular flexibility index (Phi) is 6.64. The normalized spacial score (nSPS) is 15.7. The molecular formula is C13H36N3PSi3. The molecule has 0 aliphatic carbocycles. The zero-order chi connectivity index (χ0) is 16.6. The summed E-state index contributed by atoms with van der Waals surface area (Å²) in [7, 11) is -3.03. The third-order valence-corrected chi connectivity index (χ3v) is 14.9. The molecule has 7 heteroatoms. The Morgan fingerprint density at radius 3 is 1.25 bits per heavy atom. The van der Waals surface area contributed by atoms with E-state index in [1.807, 2.05) is 0 Å². The van der Waals surface area contributed by atoms with Crippen LogP contribution in [0.15, 0.2) is 4.85 Å². The Labute approximate surface area is 132 Å². The van der Waals surface area contributed by atoms with E-state index in [2.05, 4.69) is 88.4 Å². The Morgan fingerprint density at radius 1 is 0.700 bits per heavy atom. The molecule has 0 aliphatic heterocycles. The lowest BCUT2D eigenvalue weighted by Crippen LogP contribution is -2.56. The second-order valence-corrected chi connectivity index (χ2v) is 25.4. The summed E-state index contributed by atoms with van der Waals surface area (Å²) in [5, 5.41) is 0. The van der Waals surface area contributed by atoms with Crippen LogP contribution in [0.2, 0.25) is 58.9 Å². The lowest BCUT2D eigenvalue weighted by Gasteiger charge is -2.43. The van der Waals surface area contributed by atoms with Crippen LogP contribution in [0.3, 0.4) is 0 Å². The van der Waals surface area contributed by atoms with Gasteiger partial charge in [0.05, 0.1) is 0 Å². The topological polar surface area (TPSA) is 18.8 Å². The fourth-order valence-corrected chi connectivity index (χ4v) is 16.7. The highest BCUT2D eigenvalue weighted by Gasteiger charge is 2.37. The summed E-state index contributed by atoms with van der Waals surface area (Å²) >= 11 is 0. The van der Waals surface area contributed by atoms with Gasteiger partial charge in [-0.1, -0.05) is 58.9 Å². The van der Waals surface area contributed by atoms with E-state index in [1.165, 1.54) is 0 Å². The standard InChI is InChI=1S/C13H36N3PSi3/c1-13(2,3)15(18(4,5)6)17-14-16(19(7,8)9)20(10,11)12/h1-12H3. The van der Waals surface area contributed by atoms with Crippen LogP contribution in [-0.4, -0.2) is 38.9 Å². The molecule has 0 saturated heterocycles. The number of hydrogen-bond donors (Lipinski definition) is 0. The van der Waals surface area contributed by atoms with E-state index in [0.29, 0.717) is 0 Å². The van der Waals surface area contributed by atoms with Crippen molar-refractivity contribution in [3.8, 4) is 0 Å². The van der Waals surface area contributed by atoms with Crippen molar-refractivity contribution in [2.45, 2.75) is 85.2 Å².